The molecule has 2 unspecified atom stereocenters. The summed E-state index contributed by atoms with van der Waals surface area (Å²) in [5.74, 6) is 0.954. The molecule has 2 atom stereocenters. The Morgan fingerprint density at radius 1 is 1.50 bits per heavy atom. The molecule has 1 aliphatic heterocycles. The number of hydrogen-bond donors (Lipinski definition) is 1. The predicted molar refractivity (Wildman–Crippen MR) is 80.6 cm³/mol. The first-order valence-corrected chi connectivity index (χ1v) is 7.94. The number of ether oxygens (including phenoxy) is 2. The minimum absolute atomic E-state index is 0.290. The maximum Gasteiger partial charge on any atom is 0.331 e. The second-order valence-corrected chi connectivity index (χ2v) is 6.01. The van der Waals surface area contributed by atoms with E-state index < -0.39 is 11.5 Å². The molecule has 2 N–H and O–H groups in total. The standard InChI is InChI=1S/C15H21NO3S/c1-18-14(17)15(16,12-6-3-2-4-7-12)11-20-10-13-8-5-9-19-13/h2-4,6-7,13H,5,8-11,16H2,1H3. The van der Waals surface area contributed by atoms with Gasteiger partial charge >= 0.3 is 5.97 Å². The van der Waals surface area contributed by atoms with Crippen molar-refractivity contribution in [3.8, 4) is 0 Å². The van der Waals surface area contributed by atoms with E-state index in [0.29, 0.717) is 5.75 Å². The lowest BCUT2D eigenvalue weighted by atomic mass is 9.93. The number of nitrogens with two attached hydrogens (primary N) is 1. The first kappa shape index (κ1) is 15.4. The van der Waals surface area contributed by atoms with E-state index in [1.165, 1.54) is 7.11 Å². The van der Waals surface area contributed by atoms with Crippen LogP contribution in [-0.4, -0.2) is 37.3 Å². The van der Waals surface area contributed by atoms with Gasteiger partial charge in [-0.3, -0.25) is 0 Å². The molecule has 4 nitrogen and oxygen atoms in total. The summed E-state index contributed by atoms with van der Waals surface area (Å²) in [5, 5.41) is 0. The van der Waals surface area contributed by atoms with Crippen molar-refractivity contribution in [3.63, 3.8) is 0 Å². The Morgan fingerprint density at radius 2 is 2.25 bits per heavy atom. The summed E-state index contributed by atoms with van der Waals surface area (Å²) in [7, 11) is 1.37. The SMILES string of the molecule is COC(=O)C(N)(CSCC1CCCO1)c1ccccc1. The van der Waals surface area contributed by atoms with Crippen molar-refractivity contribution in [2.45, 2.75) is 24.5 Å². The minimum Gasteiger partial charge on any atom is -0.467 e. The molecule has 1 aromatic rings. The highest BCUT2D eigenvalue weighted by molar-refractivity contribution is 7.99. The van der Waals surface area contributed by atoms with Crippen molar-refractivity contribution in [1.82, 2.24) is 0 Å². The van der Waals surface area contributed by atoms with Gasteiger partial charge in [-0.2, -0.15) is 11.8 Å². The average Bonchev–Trinajstić information content (AvgIpc) is 3.00. The van der Waals surface area contributed by atoms with Crippen LogP contribution in [0.4, 0.5) is 0 Å². The van der Waals surface area contributed by atoms with Gasteiger partial charge in [0.05, 0.1) is 13.2 Å². The molecule has 20 heavy (non-hydrogen) atoms. The molecule has 0 aliphatic carbocycles. The average molecular weight is 295 g/mol. The molecule has 0 spiro atoms. The quantitative estimate of drug-likeness (QED) is 0.813. The molecule has 110 valence electrons. The number of rotatable bonds is 6. The molecule has 1 heterocycles. The Kier molecular flexibility index (Phi) is 5.46. The second kappa shape index (κ2) is 7.11. The fraction of sp³-hybridized carbons (Fsp3) is 0.533. The molecular weight excluding hydrogens is 274 g/mol. The molecule has 5 heteroatoms. The highest BCUT2D eigenvalue weighted by atomic mass is 32.2. The summed E-state index contributed by atoms with van der Waals surface area (Å²) in [6.07, 6.45) is 2.50. The van der Waals surface area contributed by atoms with Gasteiger partial charge in [0, 0.05) is 18.1 Å². The second-order valence-electron chi connectivity index (χ2n) is 4.98. The number of carbonyl (C=O) groups excluding carboxylic acids is 1. The number of methoxy groups -OCH3 is 1. The Hall–Kier alpha value is -1.04. The van der Waals surface area contributed by atoms with E-state index in [1.807, 2.05) is 30.3 Å². The van der Waals surface area contributed by atoms with Crippen molar-refractivity contribution in [3.05, 3.63) is 35.9 Å². The summed E-state index contributed by atoms with van der Waals surface area (Å²) in [6, 6.07) is 9.39. The third-order valence-electron chi connectivity index (χ3n) is 3.50. The van der Waals surface area contributed by atoms with E-state index in [9.17, 15) is 4.79 Å². The molecule has 1 aromatic carbocycles. The maximum atomic E-state index is 12.1. The van der Waals surface area contributed by atoms with Crippen LogP contribution < -0.4 is 5.73 Å². The summed E-state index contributed by atoms with van der Waals surface area (Å²) < 4.78 is 10.5. The first-order chi connectivity index (χ1) is 9.66. The van der Waals surface area contributed by atoms with Crippen LogP contribution in [0.1, 0.15) is 18.4 Å². The van der Waals surface area contributed by atoms with Crippen LogP contribution in [0.25, 0.3) is 0 Å². The lowest BCUT2D eigenvalue weighted by Gasteiger charge is -2.27. The summed E-state index contributed by atoms with van der Waals surface area (Å²) in [4.78, 5) is 12.1. The van der Waals surface area contributed by atoms with E-state index in [0.717, 1.165) is 30.8 Å². The first-order valence-electron chi connectivity index (χ1n) is 6.79. The van der Waals surface area contributed by atoms with Crippen LogP contribution >= 0.6 is 11.8 Å². The van der Waals surface area contributed by atoms with Crippen molar-refractivity contribution in [2.24, 2.45) is 5.73 Å². The van der Waals surface area contributed by atoms with E-state index in [1.54, 1.807) is 11.8 Å². The minimum atomic E-state index is -1.10. The van der Waals surface area contributed by atoms with Crippen LogP contribution in [0.15, 0.2) is 30.3 Å². The normalized spacial score (nSPS) is 21.4. The fourth-order valence-electron chi connectivity index (χ4n) is 2.30. The number of hydrogen-bond acceptors (Lipinski definition) is 5. The monoisotopic (exact) mass is 295 g/mol. The highest BCUT2D eigenvalue weighted by Crippen LogP contribution is 2.26. The fourth-order valence-corrected chi connectivity index (χ4v) is 3.56. The van der Waals surface area contributed by atoms with Crippen LogP contribution in [0.5, 0.6) is 0 Å². The van der Waals surface area contributed by atoms with Crippen LogP contribution in [0, 0.1) is 0 Å². The smallest absolute Gasteiger partial charge is 0.331 e. The Labute approximate surface area is 124 Å². The van der Waals surface area contributed by atoms with Gasteiger partial charge in [0.2, 0.25) is 0 Å². The van der Waals surface area contributed by atoms with Crippen molar-refractivity contribution >= 4 is 17.7 Å². The zero-order valence-electron chi connectivity index (χ0n) is 11.7. The lowest BCUT2D eigenvalue weighted by Crippen LogP contribution is -2.48. The summed E-state index contributed by atoms with van der Waals surface area (Å²) in [5.41, 5.74) is 6.01. The molecule has 0 bridgehead atoms. The number of carbonyl (C=O) groups is 1. The zero-order chi connectivity index (χ0) is 14.4. The molecular formula is C15H21NO3S. The van der Waals surface area contributed by atoms with Gasteiger partial charge in [0.1, 0.15) is 5.54 Å². The van der Waals surface area contributed by atoms with E-state index in [4.69, 9.17) is 15.2 Å². The van der Waals surface area contributed by atoms with Crippen LogP contribution in [0.3, 0.4) is 0 Å². The van der Waals surface area contributed by atoms with Gasteiger partial charge in [-0.15, -0.1) is 0 Å². The van der Waals surface area contributed by atoms with E-state index >= 15 is 0 Å². The summed E-state index contributed by atoms with van der Waals surface area (Å²) >= 11 is 1.65. The largest absolute Gasteiger partial charge is 0.467 e. The molecule has 0 radical (unpaired) electrons. The molecule has 0 saturated carbocycles. The Morgan fingerprint density at radius 3 is 2.85 bits per heavy atom. The van der Waals surface area contributed by atoms with Gasteiger partial charge in [-0.25, -0.2) is 4.79 Å². The number of thioether (sulfide) groups is 1. The highest BCUT2D eigenvalue weighted by Gasteiger charge is 2.37. The van der Waals surface area contributed by atoms with Crippen molar-refractivity contribution in [2.75, 3.05) is 25.2 Å². The van der Waals surface area contributed by atoms with Gasteiger partial charge in [-0.05, 0) is 18.4 Å². The van der Waals surface area contributed by atoms with Gasteiger partial charge in [0.15, 0.2) is 0 Å². The zero-order valence-corrected chi connectivity index (χ0v) is 12.5. The molecule has 0 aromatic heterocycles. The maximum absolute atomic E-state index is 12.1. The Bertz CT molecular complexity index is 434. The van der Waals surface area contributed by atoms with Gasteiger partial charge in [-0.1, -0.05) is 30.3 Å². The molecule has 2 rings (SSSR count). The van der Waals surface area contributed by atoms with Crippen molar-refractivity contribution in [1.29, 1.82) is 0 Å². The molecule has 0 amide bonds. The predicted octanol–water partition coefficient (Wildman–Crippen LogP) is 1.93. The van der Waals surface area contributed by atoms with E-state index in [-0.39, 0.29) is 6.10 Å². The number of esters is 1. The third kappa shape index (κ3) is 3.53. The van der Waals surface area contributed by atoms with Crippen molar-refractivity contribution < 1.29 is 14.3 Å². The van der Waals surface area contributed by atoms with E-state index in [2.05, 4.69) is 0 Å². The lowest BCUT2D eigenvalue weighted by molar-refractivity contribution is -0.146. The number of benzene rings is 1. The third-order valence-corrected chi connectivity index (χ3v) is 4.76. The van der Waals surface area contributed by atoms with Crippen LogP contribution in [0.2, 0.25) is 0 Å². The summed E-state index contributed by atoms with van der Waals surface area (Å²) in [6.45, 7) is 0.842. The molecule has 1 saturated heterocycles. The molecule has 1 aliphatic rings. The van der Waals surface area contributed by atoms with Crippen LogP contribution in [-0.2, 0) is 19.8 Å². The topological polar surface area (TPSA) is 61.5 Å². The Balaban J connectivity index is 2.01. The van der Waals surface area contributed by atoms with Gasteiger partial charge in [0.25, 0.3) is 0 Å². The van der Waals surface area contributed by atoms with Gasteiger partial charge < -0.3 is 15.2 Å². The molecule has 1 fully saturated rings.